The van der Waals surface area contributed by atoms with Gasteiger partial charge in [0.05, 0.1) is 30.2 Å². The molecule has 0 saturated heterocycles. The van der Waals surface area contributed by atoms with E-state index in [1.165, 1.54) is 0 Å². The highest BCUT2D eigenvalue weighted by atomic mass is 16.5. The molecule has 2 rings (SSSR count). The summed E-state index contributed by atoms with van der Waals surface area (Å²) < 4.78 is 7.24. The van der Waals surface area contributed by atoms with Gasteiger partial charge in [-0.1, -0.05) is 0 Å². The molecule has 0 amide bonds. The van der Waals surface area contributed by atoms with Gasteiger partial charge in [0.25, 0.3) is 0 Å². The van der Waals surface area contributed by atoms with Gasteiger partial charge in [0.15, 0.2) is 0 Å². The molecule has 0 aliphatic carbocycles. The maximum atomic E-state index is 5.46. The Morgan fingerprint density at radius 2 is 2.14 bits per heavy atom. The fourth-order valence-electron chi connectivity index (χ4n) is 1.29. The molecule has 0 aliphatic rings. The minimum absolute atomic E-state index is 0.136. The number of hydrogen-bond acceptors (Lipinski definition) is 3. The van der Waals surface area contributed by atoms with Gasteiger partial charge in [0.2, 0.25) is 5.88 Å². The van der Waals surface area contributed by atoms with Crippen molar-refractivity contribution in [2.45, 2.75) is 26.9 Å². The molecule has 2 aromatic rings. The van der Waals surface area contributed by atoms with Crippen LogP contribution in [0.5, 0.6) is 5.88 Å². The van der Waals surface area contributed by atoms with Crippen molar-refractivity contribution in [2.24, 2.45) is 0 Å². The lowest BCUT2D eigenvalue weighted by Crippen LogP contribution is -2.07. The van der Waals surface area contributed by atoms with Crippen LogP contribution in [-0.4, -0.2) is 20.7 Å². The quantitative estimate of drug-likeness (QED) is 0.727. The van der Waals surface area contributed by atoms with Crippen LogP contribution in [0, 0.1) is 6.92 Å². The SMILES string of the molecule is Cc1cnn2cc(OC(C)C)ncc12. The lowest BCUT2D eigenvalue weighted by molar-refractivity contribution is 0.231. The average Bonchev–Trinajstić information content (AvgIpc) is 2.46. The number of aryl methyl sites for hydroxylation is 1. The first-order valence-electron chi connectivity index (χ1n) is 4.63. The second-order valence-electron chi connectivity index (χ2n) is 3.55. The third-order valence-electron chi connectivity index (χ3n) is 1.93. The fourth-order valence-corrected chi connectivity index (χ4v) is 1.29. The summed E-state index contributed by atoms with van der Waals surface area (Å²) in [4.78, 5) is 4.20. The van der Waals surface area contributed by atoms with Gasteiger partial charge >= 0.3 is 0 Å². The van der Waals surface area contributed by atoms with Gasteiger partial charge in [-0.25, -0.2) is 9.50 Å². The number of hydrogen-bond donors (Lipinski definition) is 0. The summed E-state index contributed by atoms with van der Waals surface area (Å²) >= 11 is 0. The lowest BCUT2D eigenvalue weighted by Gasteiger charge is -2.07. The maximum absolute atomic E-state index is 5.46. The van der Waals surface area contributed by atoms with E-state index in [2.05, 4.69) is 10.1 Å². The molecular formula is C10H13N3O. The van der Waals surface area contributed by atoms with E-state index in [-0.39, 0.29) is 6.10 Å². The predicted molar refractivity (Wildman–Crippen MR) is 53.5 cm³/mol. The van der Waals surface area contributed by atoms with Crippen LogP contribution in [0.2, 0.25) is 0 Å². The first-order valence-corrected chi connectivity index (χ1v) is 4.63. The summed E-state index contributed by atoms with van der Waals surface area (Å²) in [7, 11) is 0. The highest BCUT2D eigenvalue weighted by Crippen LogP contribution is 2.12. The topological polar surface area (TPSA) is 39.4 Å². The van der Waals surface area contributed by atoms with Crippen LogP contribution < -0.4 is 4.74 Å². The van der Waals surface area contributed by atoms with Crippen LogP contribution >= 0.6 is 0 Å². The molecule has 2 heterocycles. The molecule has 4 nitrogen and oxygen atoms in total. The molecule has 0 bridgehead atoms. The van der Waals surface area contributed by atoms with Gasteiger partial charge in [-0.15, -0.1) is 0 Å². The molecule has 4 heteroatoms. The van der Waals surface area contributed by atoms with Crippen LogP contribution in [0.4, 0.5) is 0 Å². The van der Waals surface area contributed by atoms with Gasteiger partial charge in [0, 0.05) is 0 Å². The highest BCUT2D eigenvalue weighted by Gasteiger charge is 2.03. The first kappa shape index (κ1) is 8.99. The molecular weight excluding hydrogens is 178 g/mol. The second-order valence-corrected chi connectivity index (χ2v) is 3.55. The van der Waals surface area contributed by atoms with Crippen molar-refractivity contribution >= 4 is 5.52 Å². The van der Waals surface area contributed by atoms with Crippen LogP contribution in [0.25, 0.3) is 5.52 Å². The number of nitrogens with zero attached hydrogens (tertiary/aromatic N) is 3. The Kier molecular flexibility index (Phi) is 2.11. The van der Waals surface area contributed by atoms with Crippen molar-refractivity contribution in [2.75, 3.05) is 0 Å². The Morgan fingerprint density at radius 3 is 2.86 bits per heavy atom. The van der Waals surface area contributed by atoms with Crippen molar-refractivity contribution in [1.29, 1.82) is 0 Å². The average molecular weight is 191 g/mol. The van der Waals surface area contributed by atoms with Crippen molar-refractivity contribution in [3.8, 4) is 5.88 Å². The summed E-state index contributed by atoms with van der Waals surface area (Å²) in [6.07, 6.45) is 5.52. The molecule has 0 aliphatic heterocycles. The van der Waals surface area contributed by atoms with E-state index in [4.69, 9.17) is 4.74 Å². The van der Waals surface area contributed by atoms with E-state index >= 15 is 0 Å². The van der Waals surface area contributed by atoms with Crippen LogP contribution in [-0.2, 0) is 0 Å². The molecule has 2 aromatic heterocycles. The van der Waals surface area contributed by atoms with E-state index in [0.717, 1.165) is 11.1 Å². The van der Waals surface area contributed by atoms with Crippen molar-refractivity contribution in [3.05, 3.63) is 24.2 Å². The summed E-state index contributed by atoms with van der Waals surface area (Å²) in [6.45, 7) is 5.95. The number of rotatable bonds is 2. The van der Waals surface area contributed by atoms with Crippen molar-refractivity contribution in [1.82, 2.24) is 14.6 Å². The molecule has 0 radical (unpaired) electrons. The minimum atomic E-state index is 0.136. The Morgan fingerprint density at radius 1 is 1.36 bits per heavy atom. The zero-order chi connectivity index (χ0) is 10.1. The number of aromatic nitrogens is 3. The molecule has 0 saturated carbocycles. The normalized spacial score (nSPS) is 11.1. The zero-order valence-electron chi connectivity index (χ0n) is 8.56. The molecule has 74 valence electrons. The maximum Gasteiger partial charge on any atom is 0.232 e. The van der Waals surface area contributed by atoms with E-state index in [1.807, 2.05) is 27.0 Å². The summed E-state index contributed by atoms with van der Waals surface area (Å²) in [5.41, 5.74) is 2.13. The van der Waals surface area contributed by atoms with Crippen molar-refractivity contribution < 1.29 is 4.74 Å². The lowest BCUT2D eigenvalue weighted by atomic mass is 10.3. The molecule has 0 N–H and O–H groups in total. The largest absolute Gasteiger partial charge is 0.474 e. The molecule has 0 fully saturated rings. The summed E-state index contributed by atoms with van der Waals surface area (Å²) in [6, 6.07) is 0. The van der Waals surface area contributed by atoms with Gasteiger partial charge in [-0.05, 0) is 26.3 Å². The molecule has 0 spiro atoms. The van der Waals surface area contributed by atoms with Crippen LogP contribution in [0.3, 0.4) is 0 Å². The monoisotopic (exact) mass is 191 g/mol. The zero-order valence-corrected chi connectivity index (χ0v) is 8.56. The summed E-state index contributed by atoms with van der Waals surface area (Å²) in [5, 5.41) is 4.18. The Hall–Kier alpha value is -1.58. The van der Waals surface area contributed by atoms with Gasteiger partial charge in [0.1, 0.15) is 0 Å². The third-order valence-corrected chi connectivity index (χ3v) is 1.93. The second kappa shape index (κ2) is 3.29. The van der Waals surface area contributed by atoms with E-state index < -0.39 is 0 Å². The minimum Gasteiger partial charge on any atom is -0.474 e. The third kappa shape index (κ3) is 1.55. The summed E-state index contributed by atoms with van der Waals surface area (Å²) in [5.74, 6) is 0.607. The first-order chi connectivity index (χ1) is 6.66. The van der Waals surface area contributed by atoms with E-state index in [0.29, 0.717) is 5.88 Å². The van der Waals surface area contributed by atoms with Gasteiger partial charge < -0.3 is 4.74 Å². The molecule has 14 heavy (non-hydrogen) atoms. The Labute approximate surface area is 82.5 Å². The van der Waals surface area contributed by atoms with Gasteiger partial charge in [-0.3, -0.25) is 0 Å². The van der Waals surface area contributed by atoms with Gasteiger partial charge in [-0.2, -0.15) is 5.10 Å². The highest BCUT2D eigenvalue weighted by molar-refractivity contribution is 5.51. The molecule has 0 atom stereocenters. The molecule has 0 unspecified atom stereocenters. The van der Waals surface area contributed by atoms with E-state index in [1.54, 1.807) is 16.9 Å². The number of ether oxygens (including phenoxy) is 1. The van der Waals surface area contributed by atoms with E-state index in [9.17, 15) is 0 Å². The number of fused-ring (bicyclic) bond motifs is 1. The predicted octanol–water partition coefficient (Wildman–Crippen LogP) is 1.82. The van der Waals surface area contributed by atoms with Crippen molar-refractivity contribution in [3.63, 3.8) is 0 Å². The standard InChI is InChI=1S/C10H13N3O/c1-7(2)14-10-6-13-9(5-11-10)8(3)4-12-13/h4-7H,1-3H3. The Bertz CT molecular complexity index is 448. The molecule has 0 aromatic carbocycles. The smallest absolute Gasteiger partial charge is 0.232 e. The fraction of sp³-hybridized carbons (Fsp3) is 0.400. The Balaban J connectivity index is 2.42. The van der Waals surface area contributed by atoms with Crippen LogP contribution in [0.1, 0.15) is 19.4 Å². The van der Waals surface area contributed by atoms with Crippen LogP contribution in [0.15, 0.2) is 18.6 Å².